The zero-order valence-corrected chi connectivity index (χ0v) is 92.6. The van der Waals surface area contributed by atoms with Crippen LogP contribution in [-0.2, 0) is 102 Å². The predicted octanol–water partition coefficient (Wildman–Crippen LogP) is 8.82. The van der Waals surface area contributed by atoms with Gasteiger partial charge < -0.3 is 143 Å². The molecule has 6 aliphatic heterocycles. The first-order chi connectivity index (χ1) is 70.0. The lowest BCUT2D eigenvalue weighted by molar-refractivity contribution is -0.318. The van der Waals surface area contributed by atoms with Gasteiger partial charge in [-0.1, -0.05) is 57.1 Å². The van der Waals surface area contributed by atoms with E-state index < -0.39 is 220 Å². The SMILES string of the molecule is CC[C@H]1OC(=O)[C@H](C)[C@@H](OC2C[C@@](C)(OC)[C@@H](O)[C@H](C)O2)[C@H](C)[C@@H](O[C@@H]2O[C@H](C)C[C@H](N(C)CCc3cn(CCCOc4ccc(N)cc4)nn3)[C@H]2O)[C@](C)(O)C[C@@H](C)CN(C)[C@H](C)[C@@H](O)[C@]1(C)O.CC[C@H]1OC(=O)[C@H](C)[C@@H](OC2C[C@@](C)(OC)[C@@H](O)[C@H](C)O2)[C@H](C)[C@@H](O[C@@H]2O[C@H](C)C[C@H](N(C)CCc3cn(CCCOc4ccc(N=[N+]=[N-])cc4)nn3)[C@H]2O)[C@](C)(O)C[C@@H](C)CN(C)[C@H](C)[C@@H](O)[C@]1(C)O.[N-]=[N+]=NS(=O)(=O)C(F)(F)F. The number of hydrogen-bond acceptors (Lipinski definition) is 38. The third-order valence-electron chi connectivity index (χ3n) is 30.7. The molecule has 6 aliphatic rings. The number of aliphatic hydroxyl groups is 10. The smallest absolute Gasteiger partial charge is 0.494 e. The molecule has 12 N–H and O–H groups in total. The Balaban J connectivity index is 0.000000334. The third kappa shape index (κ3) is 33.8. The lowest BCUT2D eigenvalue weighted by atomic mass is 9.77. The van der Waals surface area contributed by atoms with Crippen LogP contribution in [0.2, 0.25) is 0 Å². The van der Waals surface area contributed by atoms with Crippen LogP contribution in [0.5, 0.6) is 11.5 Å². The minimum absolute atomic E-state index is 0.0986. The normalized spacial score (nSPS) is 37.9. The third-order valence-corrected chi connectivity index (χ3v) is 31.6. The Morgan fingerprint density at radius 3 is 1.25 bits per heavy atom. The molecule has 8 heterocycles. The number of methoxy groups -OCH3 is 2. The molecular weight excluding hydrogens is 1990 g/mol. The Kier molecular flexibility index (Phi) is 47.1. The highest BCUT2D eigenvalue weighted by molar-refractivity contribution is 7.90. The van der Waals surface area contributed by atoms with E-state index in [4.69, 9.17) is 83.1 Å². The first-order valence-corrected chi connectivity index (χ1v) is 53.4. The van der Waals surface area contributed by atoms with Gasteiger partial charge in [-0.2, -0.15) is 13.2 Å². The number of benzene rings is 2. The number of carbonyl (C=O) groups excluding carboxylic acids is 2. The molecule has 10 rings (SSSR count). The van der Waals surface area contributed by atoms with Crippen molar-refractivity contribution in [2.45, 2.75) is 415 Å². The first-order valence-electron chi connectivity index (χ1n) is 51.9. The summed E-state index contributed by atoms with van der Waals surface area (Å²) < 4.78 is 146. The Labute approximate surface area is 879 Å². The Morgan fingerprint density at radius 1 is 0.547 bits per heavy atom. The van der Waals surface area contributed by atoms with Gasteiger partial charge in [0.15, 0.2) is 25.2 Å². The van der Waals surface area contributed by atoms with Gasteiger partial charge in [0.05, 0.1) is 108 Å². The van der Waals surface area contributed by atoms with Crippen molar-refractivity contribution >= 4 is 33.3 Å². The molecule has 45 nitrogen and oxygen atoms in total. The van der Waals surface area contributed by atoms with Gasteiger partial charge >= 0.3 is 27.5 Å². The van der Waals surface area contributed by atoms with E-state index in [0.29, 0.717) is 102 Å². The second-order valence-electron chi connectivity index (χ2n) is 43.6. The number of nitrogens with zero attached hydrogens (tertiary/aromatic N) is 16. The van der Waals surface area contributed by atoms with Crippen molar-refractivity contribution < 1.29 is 149 Å². The average molecular weight is 2160 g/mol. The topological polar surface area (TPSA) is 598 Å². The summed E-state index contributed by atoms with van der Waals surface area (Å²) in [7, 11) is 4.91. The molecule has 0 saturated carbocycles. The molecule has 2 unspecified atom stereocenters. The van der Waals surface area contributed by atoms with Gasteiger partial charge in [-0.25, -0.2) is 8.42 Å². The number of sulfonamides is 1. The molecule has 36 atom stereocenters. The van der Waals surface area contributed by atoms with Gasteiger partial charge in [0.1, 0.15) is 71.5 Å². The fourth-order valence-electron chi connectivity index (χ4n) is 21.5. The molecule has 854 valence electrons. The van der Waals surface area contributed by atoms with E-state index >= 15 is 0 Å². The number of esters is 2. The number of nitrogens with two attached hydrogens (primary N) is 1. The molecule has 6 fully saturated rings. The van der Waals surface area contributed by atoms with E-state index in [-0.39, 0.29) is 62.6 Å². The highest BCUT2D eigenvalue weighted by Crippen LogP contribution is 2.45. The summed E-state index contributed by atoms with van der Waals surface area (Å²) in [6.07, 6.45) is -11.7. The van der Waals surface area contributed by atoms with E-state index in [1.165, 1.54) is 33.0 Å². The number of anilines is 1. The summed E-state index contributed by atoms with van der Waals surface area (Å²) in [5.41, 5.74) is 9.97. The Morgan fingerprint density at radius 2 is 0.913 bits per heavy atom. The summed E-state index contributed by atoms with van der Waals surface area (Å²) in [5, 5.41) is 140. The molecule has 49 heteroatoms. The molecule has 4 aromatic rings. The number of azide groups is 2. The van der Waals surface area contributed by atoms with Crippen LogP contribution in [0.15, 0.2) is 70.6 Å². The number of hydrogen-bond donors (Lipinski definition) is 11. The minimum Gasteiger partial charge on any atom is -0.494 e. The summed E-state index contributed by atoms with van der Waals surface area (Å²) in [5.74, 6) is -4.13. The van der Waals surface area contributed by atoms with Crippen molar-refractivity contribution in [2.24, 2.45) is 45.1 Å². The van der Waals surface area contributed by atoms with Crippen LogP contribution < -0.4 is 15.2 Å². The number of cyclic esters (lactones) is 2. The van der Waals surface area contributed by atoms with E-state index in [2.05, 4.69) is 40.4 Å². The summed E-state index contributed by atoms with van der Waals surface area (Å²) in [4.78, 5) is 41.2. The van der Waals surface area contributed by atoms with Crippen molar-refractivity contribution in [3.05, 3.63) is 93.2 Å². The van der Waals surface area contributed by atoms with E-state index in [0.717, 1.165) is 23.6 Å². The van der Waals surface area contributed by atoms with E-state index in [9.17, 15) is 82.2 Å². The number of alkyl halides is 3. The second-order valence-corrected chi connectivity index (χ2v) is 45.1. The number of ether oxygens (including phenoxy) is 14. The number of carbonyl (C=O) groups is 2. The molecule has 150 heavy (non-hydrogen) atoms. The van der Waals surface area contributed by atoms with Crippen LogP contribution in [0.4, 0.5) is 24.5 Å². The predicted molar refractivity (Wildman–Crippen MR) is 544 cm³/mol. The monoisotopic (exact) mass is 2160 g/mol. The fourth-order valence-corrected chi connectivity index (χ4v) is 21.7. The molecule has 0 spiro atoms. The molecule has 0 radical (unpaired) electrons. The zero-order valence-electron chi connectivity index (χ0n) is 91.8. The maximum absolute atomic E-state index is 14.5. The number of aromatic nitrogens is 6. The van der Waals surface area contributed by atoms with Gasteiger partial charge in [0.25, 0.3) is 0 Å². The van der Waals surface area contributed by atoms with Crippen molar-refractivity contribution in [1.29, 1.82) is 0 Å². The van der Waals surface area contributed by atoms with Crippen LogP contribution in [0, 0.1) is 35.5 Å². The van der Waals surface area contributed by atoms with E-state index in [1.807, 2.05) is 104 Å². The quantitative estimate of drug-likeness (QED) is 0.00543. The van der Waals surface area contributed by atoms with Crippen molar-refractivity contribution in [3.63, 3.8) is 0 Å². The van der Waals surface area contributed by atoms with Gasteiger partial charge in [-0.05, 0) is 235 Å². The Bertz CT molecular complexity index is 5020. The number of aryl methyl sites for hydroxylation is 2. The van der Waals surface area contributed by atoms with Crippen molar-refractivity contribution in [3.8, 4) is 11.5 Å². The standard InChI is InChI=1S/C50H84N8O13.C50H86N6O13.CF3N3O2S/c1-14-39-50(10,64)43(60)33(6)57(12)27-29(2)25-48(8,63)45(31(4)42(32(5)46(62)69-39)70-40-26-49(9,65-13)44(61)34(7)68-40)71-47-41(59)38(24-30(3)67-47)56(11)22-20-36-28-58(55-53-36)21-15-23-66-37-18-16-35(17-19-37)52-54-51;1-14-39-50(10,62)43(58)33(6)55(12)27-29(2)25-48(8,61)45(31(4)42(32(5)46(60)67-39)68-40-26-49(9,63-13)44(59)34(7)66-40)69-47-41(57)38(24-30(3)65-47)54(11)22-20-36-28-56(53-52-36)21-15-23-64-37-18-16-35(51)17-19-37;2-1(3,4)10(8,9)7-6-5/h16-19,28-34,38-45,47,59-61,63-64H,14-15,20-27H2,1-13H3;16-19,28-34,38-45,47,57-59,61-62H,14-15,20-27,51H2,1-13H3;/t2*29-,30-,31+,32-,33-,34+,38+,39-,40?,41-,42+,43-,44+,45-,47+,48-,49-,50-;/m11./s1. The molecule has 2 aromatic heterocycles. The molecule has 0 bridgehead atoms. The maximum atomic E-state index is 14.5. The molecule has 2 aromatic carbocycles. The van der Waals surface area contributed by atoms with Gasteiger partial charge in [-0.15, -0.1) is 10.2 Å². The lowest BCUT2D eigenvalue weighted by Crippen LogP contribution is -2.61. The van der Waals surface area contributed by atoms with Gasteiger partial charge in [-0.3, -0.25) is 19.0 Å². The summed E-state index contributed by atoms with van der Waals surface area (Å²) in [6.45, 7) is 39.2. The van der Waals surface area contributed by atoms with Crippen molar-refractivity contribution in [2.75, 3.05) is 87.5 Å². The molecular formula is C101H170F3N17O28S. The highest BCUT2D eigenvalue weighted by atomic mass is 32.2. The minimum atomic E-state index is -5.64. The van der Waals surface area contributed by atoms with Crippen LogP contribution in [0.1, 0.15) is 214 Å². The number of rotatable bonds is 32. The van der Waals surface area contributed by atoms with Crippen LogP contribution in [0.3, 0.4) is 0 Å². The average Bonchev–Trinajstić information content (AvgIpc) is 1.08. The fraction of sp³-hybridized carbons (Fsp3) is 0.822. The van der Waals surface area contributed by atoms with Gasteiger partial charge in [0.2, 0.25) is 0 Å². The van der Waals surface area contributed by atoms with Gasteiger partial charge in [0, 0.05) is 166 Å². The number of aliphatic hydroxyl groups excluding tert-OH is 6. The lowest BCUT2D eigenvalue weighted by Gasteiger charge is -2.49. The van der Waals surface area contributed by atoms with Crippen molar-refractivity contribution in [1.82, 2.24) is 49.6 Å². The van der Waals surface area contributed by atoms with Crippen LogP contribution >= 0.6 is 0 Å². The molecule has 0 aliphatic carbocycles. The van der Waals surface area contributed by atoms with Crippen LogP contribution in [0.25, 0.3) is 20.9 Å². The second kappa shape index (κ2) is 55.4. The highest BCUT2D eigenvalue weighted by Gasteiger charge is 2.58. The van der Waals surface area contributed by atoms with Crippen LogP contribution in [-0.4, -0.2) is 389 Å². The largest absolute Gasteiger partial charge is 0.504 e. The molecule has 0 amide bonds. The zero-order chi connectivity index (χ0) is 112. The Hall–Kier alpha value is -7.54. The number of halogens is 3. The maximum Gasteiger partial charge on any atom is 0.504 e. The number of nitrogen functional groups attached to an aromatic ring is 1. The first kappa shape index (κ1) is 128. The number of likely N-dealkylation sites (N-methyl/N-ethyl adjacent to an activating group) is 4. The molecule has 6 saturated heterocycles. The summed E-state index contributed by atoms with van der Waals surface area (Å²) >= 11 is 0. The summed E-state index contributed by atoms with van der Waals surface area (Å²) in [6, 6.07) is 12.2. The van der Waals surface area contributed by atoms with E-state index in [1.54, 1.807) is 133 Å².